The highest BCUT2D eigenvalue weighted by atomic mass is 32.1. The van der Waals surface area contributed by atoms with E-state index in [2.05, 4.69) is 9.59 Å². The van der Waals surface area contributed by atoms with Crippen molar-refractivity contribution in [3.8, 4) is 0 Å². The van der Waals surface area contributed by atoms with Gasteiger partial charge in [0.05, 0.1) is 11.7 Å². The van der Waals surface area contributed by atoms with Crippen LogP contribution in [0.3, 0.4) is 0 Å². The number of nitrogens with zero attached hydrogens (tertiary/aromatic N) is 2. The Morgan fingerprint density at radius 2 is 1.94 bits per heavy atom. The first kappa shape index (κ1) is 11.1. The Hall–Kier alpha value is -1.40. The summed E-state index contributed by atoms with van der Waals surface area (Å²) in [5, 5.41) is 5.54. The van der Waals surface area contributed by atoms with Crippen molar-refractivity contribution in [2.24, 2.45) is 5.73 Å². The Morgan fingerprint density at radius 3 is 2.50 bits per heavy atom. The SMILES string of the molecule is NC(Cc1cc(F)cc(F)c1)c1csnn1. The molecule has 84 valence electrons. The van der Waals surface area contributed by atoms with E-state index in [0.717, 1.165) is 6.07 Å². The first-order chi connectivity index (χ1) is 7.65. The third-order valence-corrected chi connectivity index (χ3v) is 2.66. The molecule has 0 spiro atoms. The Bertz CT molecular complexity index is 453. The van der Waals surface area contributed by atoms with Crippen LogP contribution in [0.5, 0.6) is 0 Å². The maximum Gasteiger partial charge on any atom is 0.126 e. The molecule has 1 aromatic carbocycles. The van der Waals surface area contributed by atoms with Crippen molar-refractivity contribution >= 4 is 11.5 Å². The first-order valence-corrected chi connectivity index (χ1v) is 5.46. The van der Waals surface area contributed by atoms with E-state index < -0.39 is 11.6 Å². The molecule has 1 heterocycles. The number of aromatic nitrogens is 2. The zero-order valence-electron chi connectivity index (χ0n) is 8.23. The average Bonchev–Trinajstić information content (AvgIpc) is 2.68. The fourth-order valence-corrected chi connectivity index (χ4v) is 1.94. The molecule has 0 fully saturated rings. The molecule has 2 aromatic rings. The fourth-order valence-electron chi connectivity index (χ4n) is 1.42. The van der Waals surface area contributed by atoms with E-state index >= 15 is 0 Å². The Balaban J connectivity index is 2.15. The lowest BCUT2D eigenvalue weighted by molar-refractivity contribution is 0.575. The van der Waals surface area contributed by atoms with E-state index in [-0.39, 0.29) is 6.04 Å². The molecule has 1 aromatic heterocycles. The van der Waals surface area contributed by atoms with Crippen LogP contribution in [0.25, 0.3) is 0 Å². The predicted molar refractivity (Wildman–Crippen MR) is 56.9 cm³/mol. The zero-order chi connectivity index (χ0) is 11.5. The molecular weight excluding hydrogens is 232 g/mol. The van der Waals surface area contributed by atoms with Crippen LogP contribution in [0.1, 0.15) is 17.3 Å². The molecule has 0 aliphatic carbocycles. The van der Waals surface area contributed by atoms with Gasteiger partial charge in [-0.1, -0.05) is 4.49 Å². The van der Waals surface area contributed by atoms with Crippen molar-refractivity contribution in [1.29, 1.82) is 0 Å². The van der Waals surface area contributed by atoms with Crippen LogP contribution in [-0.2, 0) is 6.42 Å². The predicted octanol–water partition coefficient (Wildman–Crippen LogP) is 2.06. The summed E-state index contributed by atoms with van der Waals surface area (Å²) >= 11 is 1.20. The number of benzene rings is 1. The largest absolute Gasteiger partial charge is 0.322 e. The van der Waals surface area contributed by atoms with Crippen LogP contribution in [-0.4, -0.2) is 9.59 Å². The number of hydrogen-bond donors (Lipinski definition) is 1. The van der Waals surface area contributed by atoms with Gasteiger partial charge < -0.3 is 5.73 Å². The lowest BCUT2D eigenvalue weighted by atomic mass is 10.0. The van der Waals surface area contributed by atoms with Crippen molar-refractivity contribution in [3.05, 3.63) is 46.5 Å². The van der Waals surface area contributed by atoms with Crippen LogP contribution >= 0.6 is 11.5 Å². The number of halogens is 2. The van der Waals surface area contributed by atoms with E-state index in [9.17, 15) is 8.78 Å². The molecule has 1 atom stereocenters. The average molecular weight is 241 g/mol. The highest BCUT2D eigenvalue weighted by Gasteiger charge is 2.11. The maximum absolute atomic E-state index is 12.9. The van der Waals surface area contributed by atoms with Gasteiger partial charge in [-0.2, -0.15) is 0 Å². The van der Waals surface area contributed by atoms with Crippen molar-refractivity contribution < 1.29 is 8.78 Å². The molecule has 3 nitrogen and oxygen atoms in total. The molecule has 2 N–H and O–H groups in total. The summed E-state index contributed by atoms with van der Waals surface area (Å²) < 4.78 is 29.5. The second-order valence-corrected chi connectivity index (χ2v) is 4.03. The maximum atomic E-state index is 12.9. The van der Waals surface area contributed by atoms with Gasteiger partial charge in [-0.15, -0.1) is 5.10 Å². The summed E-state index contributed by atoms with van der Waals surface area (Å²) in [4.78, 5) is 0. The summed E-state index contributed by atoms with van der Waals surface area (Å²) in [6.07, 6.45) is 0.333. The topological polar surface area (TPSA) is 51.8 Å². The van der Waals surface area contributed by atoms with E-state index in [0.29, 0.717) is 17.7 Å². The second-order valence-electron chi connectivity index (χ2n) is 3.42. The lowest BCUT2D eigenvalue weighted by Gasteiger charge is -2.08. The summed E-state index contributed by atoms with van der Waals surface area (Å²) in [6.45, 7) is 0. The molecule has 0 radical (unpaired) electrons. The van der Waals surface area contributed by atoms with Gasteiger partial charge in [0.2, 0.25) is 0 Å². The molecule has 0 bridgehead atoms. The smallest absolute Gasteiger partial charge is 0.126 e. The Kier molecular flexibility index (Phi) is 3.21. The molecule has 0 amide bonds. The summed E-state index contributed by atoms with van der Waals surface area (Å²) in [5.41, 5.74) is 6.98. The molecule has 0 saturated heterocycles. The molecule has 0 aliphatic rings. The molecule has 16 heavy (non-hydrogen) atoms. The quantitative estimate of drug-likeness (QED) is 0.894. The molecule has 6 heteroatoms. The minimum atomic E-state index is -0.599. The number of hydrogen-bond acceptors (Lipinski definition) is 4. The van der Waals surface area contributed by atoms with Gasteiger partial charge in [0.1, 0.15) is 11.6 Å². The van der Waals surface area contributed by atoms with Gasteiger partial charge in [0.15, 0.2) is 0 Å². The highest BCUT2D eigenvalue weighted by molar-refractivity contribution is 7.03. The minimum Gasteiger partial charge on any atom is -0.322 e. The van der Waals surface area contributed by atoms with Gasteiger partial charge in [0.25, 0.3) is 0 Å². The van der Waals surface area contributed by atoms with E-state index in [4.69, 9.17) is 5.73 Å². The summed E-state index contributed by atoms with van der Waals surface area (Å²) in [7, 11) is 0. The van der Waals surface area contributed by atoms with Crippen LogP contribution in [0.4, 0.5) is 8.78 Å². The molecule has 1 unspecified atom stereocenters. The molecular formula is C10H9F2N3S. The van der Waals surface area contributed by atoms with Crippen LogP contribution in [0.2, 0.25) is 0 Å². The first-order valence-electron chi connectivity index (χ1n) is 4.62. The standard InChI is InChI=1S/C10H9F2N3S/c11-7-1-6(2-8(12)4-7)3-9(13)10-5-16-15-14-10/h1-2,4-5,9H,3,13H2. The third kappa shape index (κ3) is 2.59. The van der Waals surface area contributed by atoms with Gasteiger partial charge in [-0.05, 0) is 35.6 Å². The second kappa shape index (κ2) is 4.63. The van der Waals surface area contributed by atoms with Gasteiger partial charge in [0, 0.05) is 11.4 Å². The summed E-state index contributed by atoms with van der Waals surface area (Å²) in [6, 6.07) is 2.98. The number of rotatable bonds is 3. The third-order valence-electron chi connectivity index (χ3n) is 2.13. The Morgan fingerprint density at radius 1 is 1.25 bits per heavy atom. The molecule has 2 rings (SSSR count). The van der Waals surface area contributed by atoms with Crippen LogP contribution in [0, 0.1) is 11.6 Å². The van der Waals surface area contributed by atoms with Crippen molar-refractivity contribution in [2.75, 3.05) is 0 Å². The van der Waals surface area contributed by atoms with E-state index in [1.807, 2.05) is 0 Å². The molecule has 0 aliphatic heterocycles. The Labute approximate surface area is 95.1 Å². The van der Waals surface area contributed by atoms with Gasteiger partial charge in [-0.25, -0.2) is 8.78 Å². The summed E-state index contributed by atoms with van der Waals surface area (Å²) in [5.74, 6) is -1.20. The normalized spacial score (nSPS) is 12.7. The zero-order valence-corrected chi connectivity index (χ0v) is 9.05. The molecule has 0 saturated carbocycles. The van der Waals surface area contributed by atoms with E-state index in [1.54, 1.807) is 5.38 Å². The van der Waals surface area contributed by atoms with Crippen molar-refractivity contribution in [2.45, 2.75) is 12.5 Å². The fraction of sp³-hybridized carbons (Fsp3) is 0.200. The number of nitrogens with two attached hydrogens (primary N) is 1. The highest BCUT2D eigenvalue weighted by Crippen LogP contribution is 2.16. The van der Waals surface area contributed by atoms with E-state index in [1.165, 1.54) is 23.7 Å². The van der Waals surface area contributed by atoms with Crippen molar-refractivity contribution in [1.82, 2.24) is 9.59 Å². The van der Waals surface area contributed by atoms with Crippen LogP contribution < -0.4 is 5.73 Å². The van der Waals surface area contributed by atoms with Crippen LogP contribution in [0.15, 0.2) is 23.6 Å². The van der Waals surface area contributed by atoms with Crippen molar-refractivity contribution in [3.63, 3.8) is 0 Å². The lowest BCUT2D eigenvalue weighted by Crippen LogP contribution is -2.14. The van der Waals surface area contributed by atoms with Gasteiger partial charge in [-0.3, -0.25) is 0 Å². The monoisotopic (exact) mass is 241 g/mol. The van der Waals surface area contributed by atoms with Gasteiger partial charge >= 0.3 is 0 Å². The minimum absolute atomic E-state index is 0.333.